The summed E-state index contributed by atoms with van der Waals surface area (Å²) in [5, 5.41) is 22.9. The number of rotatable bonds is 6. The fraction of sp³-hybridized carbons (Fsp3) is 0.458. The monoisotopic (exact) mass is 467 g/mol. The van der Waals surface area contributed by atoms with Gasteiger partial charge < -0.3 is 25.0 Å². The Bertz CT molecular complexity index is 1010. The topological polar surface area (TPSA) is 88.0 Å². The Morgan fingerprint density at radius 1 is 1.18 bits per heavy atom. The van der Waals surface area contributed by atoms with Gasteiger partial charge in [-0.3, -0.25) is 4.79 Å². The van der Waals surface area contributed by atoms with Gasteiger partial charge in [0.25, 0.3) is 5.92 Å². The molecule has 0 aliphatic carbocycles. The molecule has 4 atom stereocenters. The molecule has 0 radical (unpaired) electrons. The number of ether oxygens (including phenoxy) is 2. The van der Waals surface area contributed by atoms with E-state index < -0.39 is 53.9 Å². The van der Waals surface area contributed by atoms with Gasteiger partial charge in [0.1, 0.15) is 17.7 Å². The van der Waals surface area contributed by atoms with Crippen molar-refractivity contribution in [2.75, 3.05) is 6.54 Å². The van der Waals surface area contributed by atoms with Crippen molar-refractivity contribution >= 4 is 5.91 Å². The van der Waals surface area contributed by atoms with Crippen LogP contribution in [0.3, 0.4) is 0 Å². The van der Waals surface area contributed by atoms with Gasteiger partial charge in [-0.1, -0.05) is 19.1 Å². The van der Waals surface area contributed by atoms with Crippen molar-refractivity contribution in [3.63, 3.8) is 0 Å². The van der Waals surface area contributed by atoms with Crippen molar-refractivity contribution in [1.29, 1.82) is 0 Å². The summed E-state index contributed by atoms with van der Waals surface area (Å²) in [6.45, 7) is 5.42. The van der Waals surface area contributed by atoms with E-state index in [0.29, 0.717) is 0 Å². The standard InChI is InChI=1S/C24H28F3NO5/c1-13-20(30)21(31)22(33-23(13,3)4)32-17-8-9-19(24(26,27)12-28-14(2)29)18(11-17)15-6-5-7-16(25)10-15/h5-11,13,20-22,30-31H,12H2,1-4H3,(H,28,29)/t13-,20-,21-,22-/m1/s1. The first-order valence-corrected chi connectivity index (χ1v) is 10.5. The molecular formula is C24H28F3NO5. The average Bonchev–Trinajstić information content (AvgIpc) is 2.74. The SMILES string of the molecule is CC(=O)NCC(F)(F)c1ccc(O[C@@H]2OC(C)(C)[C@H](C)[C@@H](O)[C@H]2O)cc1-c1cccc(F)c1. The van der Waals surface area contributed by atoms with Gasteiger partial charge in [0.2, 0.25) is 12.2 Å². The van der Waals surface area contributed by atoms with E-state index in [4.69, 9.17) is 9.47 Å². The number of carbonyl (C=O) groups excluding carboxylic acids is 1. The average molecular weight is 467 g/mol. The third-order valence-corrected chi connectivity index (χ3v) is 5.99. The fourth-order valence-electron chi connectivity index (χ4n) is 3.71. The second-order valence-electron chi connectivity index (χ2n) is 8.81. The molecule has 33 heavy (non-hydrogen) atoms. The Hall–Kier alpha value is -2.62. The lowest BCUT2D eigenvalue weighted by atomic mass is 9.82. The largest absolute Gasteiger partial charge is 0.462 e. The summed E-state index contributed by atoms with van der Waals surface area (Å²) in [5.74, 6) is -4.99. The summed E-state index contributed by atoms with van der Waals surface area (Å²) >= 11 is 0. The molecule has 0 saturated carbocycles. The molecule has 180 valence electrons. The molecule has 1 aliphatic rings. The molecular weight excluding hydrogens is 439 g/mol. The molecule has 2 aromatic carbocycles. The summed E-state index contributed by atoms with van der Waals surface area (Å²) in [6, 6.07) is 8.85. The predicted molar refractivity (Wildman–Crippen MR) is 115 cm³/mol. The first-order valence-electron chi connectivity index (χ1n) is 10.5. The normalized spacial score (nSPS) is 24.9. The molecule has 0 unspecified atom stereocenters. The number of aliphatic hydroxyl groups excluding tert-OH is 2. The maximum atomic E-state index is 15.0. The molecule has 1 fully saturated rings. The summed E-state index contributed by atoms with van der Waals surface area (Å²) in [5.41, 5.74) is -1.09. The minimum Gasteiger partial charge on any atom is -0.462 e. The van der Waals surface area contributed by atoms with Crippen LogP contribution in [0.25, 0.3) is 11.1 Å². The number of amides is 1. The van der Waals surface area contributed by atoms with E-state index in [0.717, 1.165) is 19.1 Å². The zero-order chi connectivity index (χ0) is 24.6. The summed E-state index contributed by atoms with van der Waals surface area (Å²) in [4.78, 5) is 11.2. The lowest BCUT2D eigenvalue weighted by Crippen LogP contribution is -2.59. The van der Waals surface area contributed by atoms with Crippen molar-refractivity contribution in [3.05, 3.63) is 53.8 Å². The Morgan fingerprint density at radius 2 is 1.88 bits per heavy atom. The number of halogens is 3. The Kier molecular flexibility index (Phi) is 7.07. The van der Waals surface area contributed by atoms with Gasteiger partial charge in [-0.05, 0) is 55.3 Å². The second kappa shape index (κ2) is 9.32. The van der Waals surface area contributed by atoms with Crippen LogP contribution in [0.15, 0.2) is 42.5 Å². The number of hydrogen-bond donors (Lipinski definition) is 3. The molecule has 6 nitrogen and oxygen atoms in total. The van der Waals surface area contributed by atoms with Gasteiger partial charge in [0.15, 0.2) is 0 Å². The van der Waals surface area contributed by atoms with Crippen LogP contribution in [0.1, 0.15) is 33.3 Å². The molecule has 1 aliphatic heterocycles. The Labute approximate surface area is 190 Å². The van der Waals surface area contributed by atoms with Gasteiger partial charge in [0, 0.05) is 18.4 Å². The van der Waals surface area contributed by atoms with Crippen molar-refractivity contribution < 1.29 is 37.7 Å². The Morgan fingerprint density at radius 3 is 2.52 bits per heavy atom. The molecule has 1 heterocycles. The van der Waals surface area contributed by atoms with Crippen LogP contribution in [0.5, 0.6) is 5.75 Å². The number of alkyl halides is 2. The summed E-state index contributed by atoms with van der Waals surface area (Å²) < 4.78 is 55.3. The van der Waals surface area contributed by atoms with Crippen LogP contribution in [-0.2, 0) is 15.5 Å². The van der Waals surface area contributed by atoms with Crippen molar-refractivity contribution in [1.82, 2.24) is 5.32 Å². The highest BCUT2D eigenvalue weighted by Crippen LogP contribution is 2.40. The quantitative estimate of drug-likeness (QED) is 0.605. The molecule has 0 spiro atoms. The zero-order valence-corrected chi connectivity index (χ0v) is 18.8. The van der Waals surface area contributed by atoms with Gasteiger partial charge in [0.05, 0.1) is 18.2 Å². The van der Waals surface area contributed by atoms with Crippen LogP contribution in [0.2, 0.25) is 0 Å². The van der Waals surface area contributed by atoms with E-state index in [1.165, 1.54) is 30.3 Å². The zero-order valence-electron chi connectivity index (χ0n) is 18.8. The van der Waals surface area contributed by atoms with E-state index in [9.17, 15) is 28.2 Å². The second-order valence-corrected chi connectivity index (χ2v) is 8.81. The highest BCUT2D eigenvalue weighted by atomic mass is 19.3. The molecule has 9 heteroatoms. The smallest absolute Gasteiger partial charge is 0.290 e. The van der Waals surface area contributed by atoms with Gasteiger partial charge in [-0.15, -0.1) is 0 Å². The number of hydrogen-bond acceptors (Lipinski definition) is 5. The van der Waals surface area contributed by atoms with Crippen molar-refractivity contribution in [2.24, 2.45) is 5.92 Å². The van der Waals surface area contributed by atoms with E-state index >= 15 is 0 Å². The first-order chi connectivity index (χ1) is 15.3. The lowest BCUT2D eigenvalue weighted by molar-refractivity contribution is -0.284. The number of benzene rings is 2. The number of nitrogens with one attached hydrogen (secondary N) is 1. The Balaban J connectivity index is 2.00. The molecule has 1 amide bonds. The third-order valence-electron chi connectivity index (χ3n) is 5.99. The molecule has 3 N–H and O–H groups in total. The van der Waals surface area contributed by atoms with Crippen LogP contribution in [-0.4, -0.2) is 46.8 Å². The molecule has 3 rings (SSSR count). The van der Waals surface area contributed by atoms with Gasteiger partial charge >= 0.3 is 0 Å². The maximum absolute atomic E-state index is 15.0. The third kappa shape index (κ3) is 5.48. The predicted octanol–water partition coefficient (Wildman–Crippen LogP) is 3.59. The molecule has 1 saturated heterocycles. The number of aliphatic hydroxyl groups is 2. The number of carbonyl (C=O) groups is 1. The van der Waals surface area contributed by atoms with Crippen LogP contribution >= 0.6 is 0 Å². The van der Waals surface area contributed by atoms with Gasteiger partial charge in [-0.25, -0.2) is 4.39 Å². The van der Waals surface area contributed by atoms with E-state index in [2.05, 4.69) is 5.32 Å². The van der Waals surface area contributed by atoms with Crippen molar-refractivity contribution in [3.8, 4) is 16.9 Å². The van der Waals surface area contributed by atoms with E-state index in [1.54, 1.807) is 20.8 Å². The highest BCUT2D eigenvalue weighted by Gasteiger charge is 2.47. The maximum Gasteiger partial charge on any atom is 0.290 e. The minimum atomic E-state index is -3.46. The van der Waals surface area contributed by atoms with E-state index in [-0.39, 0.29) is 22.8 Å². The summed E-state index contributed by atoms with van der Waals surface area (Å²) in [6.07, 6.45) is -3.74. The molecule has 0 aromatic heterocycles. The highest BCUT2D eigenvalue weighted by molar-refractivity contribution is 5.73. The first kappa shape index (κ1) is 25.0. The van der Waals surface area contributed by atoms with Crippen LogP contribution in [0, 0.1) is 11.7 Å². The van der Waals surface area contributed by atoms with E-state index in [1.807, 2.05) is 0 Å². The lowest BCUT2D eigenvalue weighted by Gasteiger charge is -2.46. The molecule has 2 aromatic rings. The van der Waals surface area contributed by atoms with Crippen LogP contribution in [0.4, 0.5) is 13.2 Å². The molecule has 0 bridgehead atoms. The minimum absolute atomic E-state index is 0.0131. The summed E-state index contributed by atoms with van der Waals surface area (Å²) in [7, 11) is 0. The van der Waals surface area contributed by atoms with Gasteiger partial charge in [-0.2, -0.15) is 8.78 Å². The van der Waals surface area contributed by atoms with Crippen LogP contribution < -0.4 is 10.1 Å². The van der Waals surface area contributed by atoms with Crippen molar-refractivity contribution in [2.45, 2.75) is 57.7 Å². The fourth-order valence-corrected chi connectivity index (χ4v) is 3.71.